The predicted molar refractivity (Wildman–Crippen MR) is 61.3 cm³/mol. The van der Waals surface area contributed by atoms with Crippen LogP contribution in [0.25, 0.3) is 0 Å². The fourth-order valence-electron chi connectivity index (χ4n) is 1.47. The van der Waals surface area contributed by atoms with Crippen molar-refractivity contribution in [3.8, 4) is 0 Å². The summed E-state index contributed by atoms with van der Waals surface area (Å²) in [7, 11) is 0. The number of ether oxygens (including phenoxy) is 1. The van der Waals surface area contributed by atoms with Crippen LogP contribution in [0.3, 0.4) is 0 Å². The van der Waals surface area contributed by atoms with Crippen LogP contribution >= 0.6 is 0 Å². The van der Waals surface area contributed by atoms with Crippen LogP contribution in [0.2, 0.25) is 0 Å². The van der Waals surface area contributed by atoms with Crippen LogP contribution in [0.1, 0.15) is 38.4 Å². The van der Waals surface area contributed by atoms with E-state index in [9.17, 15) is 13.2 Å². The molecule has 0 saturated carbocycles. The lowest BCUT2D eigenvalue weighted by molar-refractivity contribution is -0.173. The van der Waals surface area contributed by atoms with Gasteiger partial charge in [0.2, 0.25) is 5.89 Å². The Labute approximate surface area is 109 Å². The van der Waals surface area contributed by atoms with Crippen molar-refractivity contribution in [2.45, 2.75) is 44.8 Å². The van der Waals surface area contributed by atoms with E-state index < -0.39 is 18.3 Å². The molecule has 0 amide bonds. The first-order valence-electron chi connectivity index (χ1n) is 6.07. The third kappa shape index (κ3) is 4.79. The van der Waals surface area contributed by atoms with E-state index in [4.69, 9.17) is 10.3 Å². The monoisotopic (exact) mass is 281 g/mol. The Bertz CT molecular complexity index is 389. The summed E-state index contributed by atoms with van der Waals surface area (Å²) in [6.07, 6.45) is -2.90. The van der Waals surface area contributed by atoms with Gasteiger partial charge in [-0.3, -0.25) is 0 Å². The molecule has 0 radical (unpaired) electrons. The Hall–Kier alpha value is -1.15. The molecule has 110 valence electrons. The zero-order valence-electron chi connectivity index (χ0n) is 11.0. The summed E-state index contributed by atoms with van der Waals surface area (Å²) in [5.41, 5.74) is 5.42. The molecule has 2 N–H and O–H groups in total. The first kappa shape index (κ1) is 15.9. The van der Waals surface area contributed by atoms with Crippen LogP contribution in [0, 0.1) is 0 Å². The molecule has 5 nitrogen and oxygen atoms in total. The van der Waals surface area contributed by atoms with Gasteiger partial charge in [0.15, 0.2) is 5.82 Å². The average molecular weight is 281 g/mol. The largest absolute Gasteiger partial charge is 0.411 e. The van der Waals surface area contributed by atoms with Crippen molar-refractivity contribution in [1.82, 2.24) is 10.1 Å². The van der Waals surface area contributed by atoms with E-state index in [-0.39, 0.29) is 18.9 Å². The number of hydrogen-bond acceptors (Lipinski definition) is 5. The number of alkyl halides is 3. The highest BCUT2D eigenvalue weighted by atomic mass is 19.4. The molecule has 1 aromatic rings. The molecule has 1 heterocycles. The maximum absolute atomic E-state index is 11.8. The molecule has 0 aliphatic carbocycles. The molecular formula is C11H18F3N3O2. The Morgan fingerprint density at radius 1 is 1.26 bits per heavy atom. The second-order valence-corrected chi connectivity index (χ2v) is 4.29. The Kier molecular flexibility index (Phi) is 5.30. The Morgan fingerprint density at radius 3 is 2.42 bits per heavy atom. The summed E-state index contributed by atoms with van der Waals surface area (Å²) < 4.78 is 44.9. The van der Waals surface area contributed by atoms with E-state index >= 15 is 0 Å². The highest BCUT2D eigenvalue weighted by Crippen LogP contribution is 2.22. The lowest BCUT2D eigenvalue weighted by atomic mass is 9.93. The smallest absolute Gasteiger partial charge is 0.372 e. The van der Waals surface area contributed by atoms with E-state index in [2.05, 4.69) is 14.9 Å². The molecule has 0 atom stereocenters. The molecular weight excluding hydrogens is 263 g/mol. The van der Waals surface area contributed by atoms with Crippen molar-refractivity contribution in [1.29, 1.82) is 0 Å². The third-order valence-corrected chi connectivity index (χ3v) is 2.90. The lowest BCUT2D eigenvalue weighted by Crippen LogP contribution is -2.36. The van der Waals surface area contributed by atoms with Crippen molar-refractivity contribution in [2.24, 2.45) is 5.73 Å². The predicted octanol–water partition coefficient (Wildman–Crippen LogP) is 2.17. The van der Waals surface area contributed by atoms with E-state index in [1.807, 2.05) is 13.8 Å². The first-order chi connectivity index (χ1) is 8.80. The van der Waals surface area contributed by atoms with E-state index in [0.717, 1.165) is 0 Å². The molecule has 1 aromatic heterocycles. The minimum atomic E-state index is -4.32. The zero-order chi connectivity index (χ0) is 14.5. The summed E-state index contributed by atoms with van der Waals surface area (Å²) in [5, 5.41) is 3.77. The summed E-state index contributed by atoms with van der Waals surface area (Å²) >= 11 is 0. The molecule has 0 aliphatic heterocycles. The second kappa shape index (κ2) is 6.33. The van der Waals surface area contributed by atoms with Crippen LogP contribution in [-0.4, -0.2) is 29.5 Å². The van der Waals surface area contributed by atoms with Gasteiger partial charge >= 0.3 is 6.18 Å². The molecule has 0 aromatic carbocycles. The Morgan fingerprint density at radius 2 is 1.89 bits per heavy atom. The normalized spacial score (nSPS) is 12.9. The fourth-order valence-corrected chi connectivity index (χ4v) is 1.47. The van der Waals surface area contributed by atoms with Crippen LogP contribution < -0.4 is 5.73 Å². The van der Waals surface area contributed by atoms with Gasteiger partial charge in [-0.1, -0.05) is 19.0 Å². The average Bonchev–Trinajstić information content (AvgIpc) is 2.82. The number of aromatic nitrogens is 2. The van der Waals surface area contributed by atoms with Gasteiger partial charge in [-0.05, 0) is 12.8 Å². The van der Waals surface area contributed by atoms with Crippen LogP contribution in [-0.2, 0) is 16.7 Å². The summed E-state index contributed by atoms with van der Waals surface area (Å²) in [4.78, 5) is 4.09. The van der Waals surface area contributed by atoms with Gasteiger partial charge < -0.3 is 15.0 Å². The van der Waals surface area contributed by atoms with E-state index in [1.54, 1.807) is 0 Å². The van der Waals surface area contributed by atoms with Gasteiger partial charge in [0.1, 0.15) is 6.61 Å². The minimum absolute atomic E-state index is 0.128. The summed E-state index contributed by atoms with van der Waals surface area (Å²) in [5.74, 6) is 0.609. The van der Waals surface area contributed by atoms with E-state index in [0.29, 0.717) is 18.7 Å². The quantitative estimate of drug-likeness (QED) is 0.775. The number of hydrogen-bond donors (Lipinski definition) is 1. The van der Waals surface area contributed by atoms with Crippen molar-refractivity contribution in [2.75, 3.05) is 13.2 Å². The van der Waals surface area contributed by atoms with Crippen molar-refractivity contribution in [3.05, 3.63) is 11.7 Å². The molecule has 8 heteroatoms. The molecule has 1 rings (SSSR count). The summed E-state index contributed by atoms with van der Waals surface area (Å²) in [6.45, 7) is 2.41. The van der Waals surface area contributed by atoms with Crippen LogP contribution in [0.15, 0.2) is 4.52 Å². The fraction of sp³-hybridized carbons (Fsp3) is 0.818. The molecule has 0 unspecified atom stereocenters. The second-order valence-electron chi connectivity index (χ2n) is 4.29. The van der Waals surface area contributed by atoms with Crippen LogP contribution in [0.5, 0.6) is 0 Å². The topological polar surface area (TPSA) is 74.2 Å². The SMILES string of the molecule is CCC(N)(CC)c1noc(CCOCC(F)(F)F)n1. The van der Waals surface area contributed by atoms with Gasteiger partial charge in [-0.15, -0.1) is 0 Å². The van der Waals surface area contributed by atoms with Gasteiger partial charge in [0.25, 0.3) is 0 Å². The molecule has 19 heavy (non-hydrogen) atoms. The number of nitrogens with zero attached hydrogens (tertiary/aromatic N) is 2. The molecule has 0 fully saturated rings. The molecule has 0 saturated heterocycles. The maximum atomic E-state index is 11.8. The number of halogens is 3. The molecule has 0 bridgehead atoms. The molecule has 0 aliphatic rings. The van der Waals surface area contributed by atoms with Gasteiger partial charge in [-0.25, -0.2) is 0 Å². The van der Waals surface area contributed by atoms with E-state index in [1.165, 1.54) is 0 Å². The third-order valence-electron chi connectivity index (χ3n) is 2.90. The van der Waals surface area contributed by atoms with Crippen molar-refractivity contribution >= 4 is 0 Å². The van der Waals surface area contributed by atoms with Crippen molar-refractivity contribution < 1.29 is 22.4 Å². The van der Waals surface area contributed by atoms with Crippen LogP contribution in [0.4, 0.5) is 13.2 Å². The Balaban J connectivity index is 2.47. The lowest BCUT2D eigenvalue weighted by Gasteiger charge is -2.21. The number of rotatable bonds is 7. The van der Waals surface area contributed by atoms with Crippen molar-refractivity contribution in [3.63, 3.8) is 0 Å². The summed E-state index contributed by atoms with van der Waals surface area (Å²) in [6, 6.07) is 0. The first-order valence-corrected chi connectivity index (χ1v) is 6.07. The van der Waals surface area contributed by atoms with Gasteiger partial charge in [0.05, 0.1) is 18.6 Å². The highest BCUT2D eigenvalue weighted by Gasteiger charge is 2.29. The molecule has 0 spiro atoms. The standard InChI is InChI=1S/C11H18F3N3O2/c1-3-10(15,4-2)9-16-8(19-17-9)5-6-18-7-11(12,13)14/h3-7,15H2,1-2H3. The number of nitrogens with two attached hydrogens (primary N) is 1. The van der Waals surface area contributed by atoms with Gasteiger partial charge in [0, 0.05) is 0 Å². The zero-order valence-corrected chi connectivity index (χ0v) is 11.0. The highest BCUT2D eigenvalue weighted by molar-refractivity contribution is 5.02. The minimum Gasteiger partial charge on any atom is -0.372 e. The van der Waals surface area contributed by atoms with Gasteiger partial charge in [-0.2, -0.15) is 18.2 Å². The maximum Gasteiger partial charge on any atom is 0.411 e.